The molecule has 0 saturated heterocycles. The van der Waals surface area contributed by atoms with Crippen LogP contribution in [0, 0.1) is 13.8 Å². The van der Waals surface area contributed by atoms with Gasteiger partial charge < -0.3 is 10.3 Å². The van der Waals surface area contributed by atoms with Crippen molar-refractivity contribution in [3.8, 4) is 0 Å². The highest BCUT2D eigenvalue weighted by Crippen LogP contribution is 2.23. The van der Waals surface area contributed by atoms with Gasteiger partial charge in [0, 0.05) is 17.9 Å². The van der Waals surface area contributed by atoms with Gasteiger partial charge >= 0.3 is 0 Å². The van der Waals surface area contributed by atoms with Crippen molar-refractivity contribution in [1.82, 2.24) is 14.5 Å². The highest BCUT2D eigenvalue weighted by Gasteiger charge is 2.15. The van der Waals surface area contributed by atoms with Crippen molar-refractivity contribution in [2.45, 2.75) is 45.8 Å². The number of hydrogen-bond donors (Lipinski definition) is 2. The van der Waals surface area contributed by atoms with Crippen LogP contribution in [-0.2, 0) is 17.8 Å². The Morgan fingerprint density at radius 2 is 2.07 bits per heavy atom. The third kappa shape index (κ3) is 3.93. The number of carbonyl (C=O) groups is 1. The number of fused-ring (bicyclic) bond motifs is 1. The molecule has 0 aliphatic heterocycles. The first kappa shape index (κ1) is 19.2. The maximum absolute atomic E-state index is 12.6. The molecule has 0 aliphatic carbocycles. The van der Waals surface area contributed by atoms with E-state index in [1.54, 1.807) is 4.57 Å². The third-order valence-electron chi connectivity index (χ3n) is 4.49. The van der Waals surface area contributed by atoms with Gasteiger partial charge in [0.2, 0.25) is 5.91 Å². The lowest BCUT2D eigenvalue weighted by Crippen LogP contribution is -2.23. The van der Waals surface area contributed by atoms with E-state index < -0.39 is 0 Å². The average molecular weight is 385 g/mol. The molecule has 0 aliphatic rings. The number of para-hydroxylation sites is 1. The van der Waals surface area contributed by atoms with E-state index in [-0.39, 0.29) is 17.2 Å². The zero-order valence-electron chi connectivity index (χ0n) is 16.0. The number of hydrogen-bond acceptors (Lipinski definition) is 4. The molecule has 0 fully saturated rings. The summed E-state index contributed by atoms with van der Waals surface area (Å²) in [5, 5.41) is 3.57. The molecule has 6 nitrogen and oxygen atoms in total. The lowest BCUT2D eigenvalue weighted by Gasteiger charge is -2.13. The maximum atomic E-state index is 12.6. The van der Waals surface area contributed by atoms with Crippen LogP contribution in [0.15, 0.2) is 34.2 Å². The number of carbonyl (C=O) groups excluding carboxylic acids is 1. The summed E-state index contributed by atoms with van der Waals surface area (Å²) in [7, 11) is 0. The summed E-state index contributed by atoms with van der Waals surface area (Å²) >= 11 is 1.28. The predicted octanol–water partition coefficient (Wildman–Crippen LogP) is 3.65. The fourth-order valence-corrected chi connectivity index (χ4v) is 3.97. The number of anilines is 1. The molecule has 142 valence electrons. The lowest BCUT2D eigenvalue weighted by molar-refractivity contribution is -0.113. The van der Waals surface area contributed by atoms with Crippen LogP contribution in [0.25, 0.3) is 11.0 Å². The average Bonchev–Trinajstić information content (AvgIpc) is 3.02. The van der Waals surface area contributed by atoms with E-state index in [9.17, 15) is 9.59 Å². The highest BCUT2D eigenvalue weighted by atomic mass is 32.2. The van der Waals surface area contributed by atoms with Gasteiger partial charge in [-0.15, -0.1) is 0 Å². The number of thioether (sulfide) groups is 1. The van der Waals surface area contributed by atoms with Crippen molar-refractivity contribution < 1.29 is 4.79 Å². The number of aromatic amines is 1. The number of aryl methyl sites for hydroxylation is 3. The fourth-order valence-electron chi connectivity index (χ4n) is 3.11. The van der Waals surface area contributed by atoms with Gasteiger partial charge in [-0.25, -0.2) is 4.98 Å². The number of H-pyrrole nitrogens is 1. The second-order valence-electron chi connectivity index (χ2n) is 6.46. The first-order chi connectivity index (χ1) is 12.9. The largest absolute Gasteiger partial charge is 0.353 e. The molecule has 7 heteroatoms. The predicted molar refractivity (Wildman–Crippen MR) is 111 cm³/mol. The lowest BCUT2D eigenvalue weighted by atomic mass is 10.1. The second kappa shape index (κ2) is 8.00. The molecule has 1 amide bonds. The van der Waals surface area contributed by atoms with Gasteiger partial charge in [0.1, 0.15) is 5.52 Å². The normalized spacial score (nSPS) is 11.1. The number of rotatable bonds is 6. The van der Waals surface area contributed by atoms with E-state index in [2.05, 4.69) is 22.2 Å². The van der Waals surface area contributed by atoms with Crippen LogP contribution in [0.3, 0.4) is 0 Å². The summed E-state index contributed by atoms with van der Waals surface area (Å²) in [5.41, 5.74) is 4.97. The van der Waals surface area contributed by atoms with Crippen LogP contribution in [0.1, 0.15) is 30.7 Å². The molecular formula is C20H24N4O2S. The molecular weight excluding hydrogens is 360 g/mol. The highest BCUT2D eigenvalue weighted by molar-refractivity contribution is 7.99. The molecule has 0 spiro atoms. The molecule has 0 radical (unpaired) electrons. The number of benzene rings is 1. The van der Waals surface area contributed by atoms with Gasteiger partial charge in [0.25, 0.3) is 5.56 Å². The molecule has 1 aromatic carbocycles. The standard InChI is InChI=1S/C20H24N4O2S/c1-5-14-9-7-8-12(3)17(14)23-16(25)11-27-20-22-15-10-13(4)21-18(15)19(26)24(20)6-2/h7-10,21H,5-6,11H2,1-4H3,(H,23,25). The molecule has 2 aromatic heterocycles. The molecule has 0 atom stereocenters. The molecule has 3 rings (SSSR count). The quantitative estimate of drug-likeness (QED) is 0.502. The van der Waals surface area contributed by atoms with E-state index in [0.717, 1.165) is 28.9 Å². The molecule has 0 unspecified atom stereocenters. The van der Waals surface area contributed by atoms with Gasteiger partial charge in [0.15, 0.2) is 5.16 Å². The first-order valence-electron chi connectivity index (χ1n) is 9.05. The van der Waals surface area contributed by atoms with Gasteiger partial charge in [0.05, 0.1) is 11.3 Å². The molecule has 0 saturated carbocycles. The van der Waals surface area contributed by atoms with Gasteiger partial charge in [-0.05, 0) is 44.4 Å². The van der Waals surface area contributed by atoms with Gasteiger partial charge in [-0.2, -0.15) is 0 Å². The topological polar surface area (TPSA) is 79.8 Å². The summed E-state index contributed by atoms with van der Waals surface area (Å²) < 4.78 is 1.60. The monoisotopic (exact) mass is 384 g/mol. The molecule has 0 bridgehead atoms. The summed E-state index contributed by atoms with van der Waals surface area (Å²) in [6.07, 6.45) is 0.852. The first-order valence-corrected chi connectivity index (χ1v) is 10.0. The number of amides is 1. The Balaban J connectivity index is 1.81. The fraction of sp³-hybridized carbons (Fsp3) is 0.350. The third-order valence-corrected chi connectivity index (χ3v) is 5.47. The van der Waals surface area contributed by atoms with Crippen LogP contribution < -0.4 is 10.9 Å². The number of aromatic nitrogens is 3. The second-order valence-corrected chi connectivity index (χ2v) is 7.40. The van der Waals surface area contributed by atoms with E-state index in [4.69, 9.17) is 0 Å². The summed E-state index contributed by atoms with van der Waals surface area (Å²) in [6.45, 7) is 8.35. The molecule has 2 heterocycles. The van der Waals surface area contributed by atoms with Crippen LogP contribution >= 0.6 is 11.8 Å². The van der Waals surface area contributed by atoms with Crippen molar-refractivity contribution in [3.05, 3.63) is 51.4 Å². The maximum Gasteiger partial charge on any atom is 0.278 e. The smallest absolute Gasteiger partial charge is 0.278 e. The number of nitrogens with zero attached hydrogens (tertiary/aromatic N) is 2. The van der Waals surface area contributed by atoms with Gasteiger partial charge in [-0.1, -0.05) is 36.9 Å². The zero-order valence-corrected chi connectivity index (χ0v) is 16.9. The van der Waals surface area contributed by atoms with Crippen LogP contribution in [0.4, 0.5) is 5.69 Å². The Morgan fingerprint density at radius 1 is 1.30 bits per heavy atom. The Kier molecular flexibility index (Phi) is 5.70. The Hall–Kier alpha value is -2.54. The van der Waals surface area contributed by atoms with E-state index >= 15 is 0 Å². The van der Waals surface area contributed by atoms with E-state index in [1.807, 2.05) is 45.0 Å². The SMILES string of the molecule is CCc1cccc(C)c1NC(=O)CSc1nc2cc(C)[nH]c2c(=O)n1CC. The van der Waals surface area contributed by atoms with Crippen molar-refractivity contribution in [2.24, 2.45) is 0 Å². The molecule has 27 heavy (non-hydrogen) atoms. The van der Waals surface area contributed by atoms with Crippen LogP contribution in [-0.4, -0.2) is 26.2 Å². The minimum absolute atomic E-state index is 0.105. The van der Waals surface area contributed by atoms with E-state index in [0.29, 0.717) is 22.7 Å². The summed E-state index contributed by atoms with van der Waals surface area (Å²) in [4.78, 5) is 32.8. The summed E-state index contributed by atoms with van der Waals surface area (Å²) in [6, 6.07) is 7.85. The molecule has 2 N–H and O–H groups in total. The van der Waals surface area contributed by atoms with Crippen molar-refractivity contribution in [2.75, 3.05) is 11.1 Å². The van der Waals surface area contributed by atoms with E-state index in [1.165, 1.54) is 11.8 Å². The Morgan fingerprint density at radius 3 is 2.78 bits per heavy atom. The Labute approximate surface area is 162 Å². The Bertz CT molecular complexity index is 1050. The van der Waals surface area contributed by atoms with Crippen molar-refractivity contribution in [3.63, 3.8) is 0 Å². The molecule has 3 aromatic rings. The van der Waals surface area contributed by atoms with Crippen LogP contribution in [0.5, 0.6) is 0 Å². The minimum Gasteiger partial charge on any atom is -0.353 e. The van der Waals surface area contributed by atoms with Crippen molar-refractivity contribution in [1.29, 1.82) is 0 Å². The summed E-state index contributed by atoms with van der Waals surface area (Å²) in [5.74, 6) is 0.0880. The minimum atomic E-state index is -0.106. The van der Waals surface area contributed by atoms with Gasteiger partial charge in [-0.3, -0.25) is 14.2 Å². The number of nitrogens with one attached hydrogen (secondary N) is 2. The van der Waals surface area contributed by atoms with Crippen molar-refractivity contribution >= 4 is 34.4 Å². The zero-order chi connectivity index (χ0) is 19.6. The van der Waals surface area contributed by atoms with Crippen LogP contribution in [0.2, 0.25) is 0 Å².